The molecule has 5 heteroatoms. The van der Waals surface area contributed by atoms with Gasteiger partial charge in [-0.1, -0.05) is 23.8 Å². The lowest BCUT2D eigenvalue weighted by Gasteiger charge is -2.33. The number of aryl methyl sites for hydroxylation is 2. The van der Waals surface area contributed by atoms with Crippen LogP contribution in [0.25, 0.3) is 11.1 Å². The number of benzene rings is 2. The predicted molar refractivity (Wildman–Crippen MR) is 110 cm³/mol. The molecule has 0 radical (unpaired) electrons. The highest BCUT2D eigenvalue weighted by molar-refractivity contribution is 7.90. The third-order valence-corrected chi connectivity index (χ3v) is 8.02. The van der Waals surface area contributed by atoms with E-state index >= 15 is 0 Å². The highest BCUT2D eigenvalue weighted by Crippen LogP contribution is 2.48. The van der Waals surface area contributed by atoms with Gasteiger partial charge in [-0.3, -0.25) is 0 Å². The molecule has 27 heavy (non-hydrogen) atoms. The van der Waals surface area contributed by atoms with Crippen LogP contribution in [0.5, 0.6) is 0 Å². The van der Waals surface area contributed by atoms with Crippen LogP contribution >= 0.6 is 0 Å². The Hall–Kier alpha value is -1.85. The molecule has 0 aliphatic carbocycles. The van der Waals surface area contributed by atoms with Gasteiger partial charge < -0.3 is 10.2 Å². The van der Waals surface area contributed by atoms with Gasteiger partial charge in [-0.05, 0) is 66.8 Å². The molecule has 2 aromatic carbocycles. The number of fused-ring (bicyclic) bond motifs is 3. The minimum absolute atomic E-state index is 0.164. The Balaban J connectivity index is 1.73. The molecule has 2 atom stereocenters. The number of nitrogens with one attached hydrogen (secondary N) is 1. The van der Waals surface area contributed by atoms with E-state index in [-0.39, 0.29) is 11.5 Å². The number of hydrogen-bond acceptors (Lipinski definition) is 4. The number of rotatable bonds is 1. The quantitative estimate of drug-likeness (QED) is 0.823. The Bertz CT molecular complexity index is 1030. The van der Waals surface area contributed by atoms with Gasteiger partial charge in [0, 0.05) is 30.7 Å². The fourth-order valence-corrected chi connectivity index (χ4v) is 6.59. The third-order valence-electron chi connectivity index (χ3n) is 6.46. The number of hydrogen-bond donors (Lipinski definition) is 1. The van der Waals surface area contributed by atoms with Crippen LogP contribution in [-0.4, -0.2) is 39.8 Å². The Morgan fingerprint density at radius 3 is 2.81 bits per heavy atom. The number of sulfone groups is 1. The maximum Gasteiger partial charge on any atom is 0.156 e. The lowest BCUT2D eigenvalue weighted by molar-refractivity contribution is 0.406. The van der Waals surface area contributed by atoms with Crippen LogP contribution in [0.15, 0.2) is 30.3 Å². The minimum Gasteiger partial charge on any atom is -0.366 e. The normalized spacial score (nSPS) is 25.6. The molecule has 142 valence electrons. The van der Waals surface area contributed by atoms with E-state index in [9.17, 15) is 8.42 Å². The van der Waals surface area contributed by atoms with E-state index in [1.165, 1.54) is 27.9 Å². The van der Waals surface area contributed by atoms with Crippen molar-refractivity contribution in [3.05, 3.63) is 52.6 Å². The molecule has 2 aromatic rings. The largest absolute Gasteiger partial charge is 0.366 e. The van der Waals surface area contributed by atoms with Gasteiger partial charge in [0.05, 0.1) is 11.5 Å². The summed E-state index contributed by atoms with van der Waals surface area (Å²) in [4.78, 5) is 2.41. The van der Waals surface area contributed by atoms with Gasteiger partial charge in [0.15, 0.2) is 9.84 Å². The van der Waals surface area contributed by atoms with Gasteiger partial charge in [0.25, 0.3) is 0 Å². The molecule has 5 rings (SSSR count). The van der Waals surface area contributed by atoms with Crippen LogP contribution in [0.2, 0.25) is 0 Å². The van der Waals surface area contributed by atoms with Crippen LogP contribution in [0.1, 0.15) is 34.6 Å². The molecule has 0 bridgehead atoms. The molecule has 0 spiro atoms. The summed E-state index contributed by atoms with van der Waals surface area (Å²) < 4.78 is 25.2. The van der Waals surface area contributed by atoms with Crippen molar-refractivity contribution in [2.75, 3.05) is 30.3 Å². The van der Waals surface area contributed by atoms with Crippen molar-refractivity contribution in [3.63, 3.8) is 0 Å². The van der Waals surface area contributed by atoms with E-state index in [2.05, 4.69) is 54.4 Å². The lowest BCUT2D eigenvalue weighted by atomic mass is 9.87. The fourth-order valence-electron chi connectivity index (χ4n) is 5.28. The van der Waals surface area contributed by atoms with Crippen molar-refractivity contribution in [2.24, 2.45) is 0 Å². The van der Waals surface area contributed by atoms with Crippen molar-refractivity contribution in [1.29, 1.82) is 0 Å². The Kier molecular flexibility index (Phi) is 3.89. The molecule has 3 aliphatic heterocycles. The van der Waals surface area contributed by atoms with Gasteiger partial charge in [-0.2, -0.15) is 0 Å². The van der Waals surface area contributed by atoms with Crippen molar-refractivity contribution >= 4 is 15.5 Å². The second kappa shape index (κ2) is 6.08. The summed E-state index contributed by atoms with van der Waals surface area (Å²) in [7, 11) is -3.06. The van der Waals surface area contributed by atoms with Crippen molar-refractivity contribution in [1.82, 2.24) is 5.32 Å². The number of anilines is 1. The number of piperidine rings is 1. The molecule has 4 nitrogen and oxygen atoms in total. The molecule has 1 fully saturated rings. The monoisotopic (exact) mass is 382 g/mol. The highest BCUT2D eigenvalue weighted by atomic mass is 32.2. The van der Waals surface area contributed by atoms with Gasteiger partial charge >= 0.3 is 0 Å². The van der Waals surface area contributed by atoms with E-state index in [0.29, 0.717) is 18.5 Å². The van der Waals surface area contributed by atoms with Gasteiger partial charge in [-0.15, -0.1) is 0 Å². The van der Waals surface area contributed by atoms with Gasteiger partial charge in [-0.25, -0.2) is 8.42 Å². The van der Waals surface area contributed by atoms with E-state index < -0.39 is 9.84 Å². The summed E-state index contributed by atoms with van der Waals surface area (Å²) in [5.41, 5.74) is 8.41. The van der Waals surface area contributed by atoms with Crippen LogP contribution in [0.4, 0.5) is 5.69 Å². The smallest absolute Gasteiger partial charge is 0.156 e. The molecule has 0 saturated carbocycles. The summed E-state index contributed by atoms with van der Waals surface area (Å²) in [6.45, 7) is 6.87. The topological polar surface area (TPSA) is 49.4 Å². The first-order valence-electron chi connectivity index (χ1n) is 9.85. The number of nitrogens with zero attached hydrogens (tertiary/aromatic N) is 1. The second-order valence-electron chi connectivity index (χ2n) is 8.34. The molecular weight excluding hydrogens is 356 g/mol. The third kappa shape index (κ3) is 2.79. The molecule has 0 aromatic heterocycles. The second-order valence-corrected chi connectivity index (χ2v) is 10.5. The molecule has 0 unspecified atom stereocenters. The molecule has 1 N–H and O–H groups in total. The predicted octanol–water partition coefficient (Wildman–Crippen LogP) is 3.16. The standard InChI is InChI=1S/C22H26N2O2S/c1-14-3-4-18(15(2)9-14)16-10-17-13-27(25,26)8-7-24-21-5-6-23-12-20(21)19(11-16)22(17)24/h3-4,9-11,20-21,23H,5-8,12-13H2,1-2H3/t20-,21-/m0/s1. The van der Waals surface area contributed by atoms with E-state index in [4.69, 9.17) is 0 Å². The van der Waals surface area contributed by atoms with E-state index in [1.807, 2.05) is 0 Å². The molecule has 3 heterocycles. The first kappa shape index (κ1) is 17.3. The maximum absolute atomic E-state index is 12.6. The summed E-state index contributed by atoms with van der Waals surface area (Å²) in [5, 5.41) is 3.55. The van der Waals surface area contributed by atoms with E-state index in [1.54, 1.807) is 0 Å². The fraction of sp³-hybridized carbons (Fsp3) is 0.455. The first-order valence-corrected chi connectivity index (χ1v) is 11.7. The molecule has 0 amide bonds. The molecule has 3 aliphatic rings. The molecule has 1 saturated heterocycles. The van der Waals surface area contributed by atoms with Gasteiger partial charge in [0.1, 0.15) is 0 Å². The van der Waals surface area contributed by atoms with Crippen LogP contribution in [0.3, 0.4) is 0 Å². The van der Waals surface area contributed by atoms with Crippen molar-refractivity contribution in [2.45, 2.75) is 38.0 Å². The SMILES string of the molecule is Cc1ccc(-c2cc3c4c(c2)[C@@H]2CNCC[C@@H]2N4CCS(=O)(=O)C3)c(C)c1. The van der Waals surface area contributed by atoms with Crippen molar-refractivity contribution in [3.8, 4) is 11.1 Å². The Morgan fingerprint density at radius 2 is 2.00 bits per heavy atom. The lowest BCUT2D eigenvalue weighted by Crippen LogP contribution is -2.45. The van der Waals surface area contributed by atoms with Crippen LogP contribution in [-0.2, 0) is 15.6 Å². The highest BCUT2D eigenvalue weighted by Gasteiger charge is 2.43. The van der Waals surface area contributed by atoms with E-state index in [0.717, 1.165) is 30.6 Å². The Labute approximate surface area is 161 Å². The average Bonchev–Trinajstić information content (AvgIpc) is 2.86. The maximum atomic E-state index is 12.6. The Morgan fingerprint density at radius 1 is 1.15 bits per heavy atom. The summed E-state index contributed by atoms with van der Waals surface area (Å²) in [6.07, 6.45) is 1.08. The minimum atomic E-state index is -3.06. The summed E-state index contributed by atoms with van der Waals surface area (Å²) in [5.74, 6) is 0.882. The zero-order valence-electron chi connectivity index (χ0n) is 16.0. The van der Waals surface area contributed by atoms with Gasteiger partial charge in [0.2, 0.25) is 0 Å². The van der Waals surface area contributed by atoms with Crippen LogP contribution in [0, 0.1) is 13.8 Å². The first-order chi connectivity index (χ1) is 12.9. The summed E-state index contributed by atoms with van der Waals surface area (Å²) >= 11 is 0. The zero-order chi connectivity index (χ0) is 18.8. The average molecular weight is 383 g/mol. The summed E-state index contributed by atoms with van der Waals surface area (Å²) in [6, 6.07) is 11.4. The zero-order valence-corrected chi connectivity index (χ0v) is 16.8. The van der Waals surface area contributed by atoms with Crippen molar-refractivity contribution < 1.29 is 8.42 Å². The molecular formula is C22H26N2O2S. The van der Waals surface area contributed by atoms with Crippen LogP contribution < -0.4 is 10.2 Å².